The van der Waals surface area contributed by atoms with Gasteiger partial charge in [-0.1, -0.05) is 23.7 Å². The fourth-order valence-corrected chi connectivity index (χ4v) is 2.94. The summed E-state index contributed by atoms with van der Waals surface area (Å²) >= 11 is 5.85. The minimum Gasteiger partial charge on any atom is -0.369 e. The molecule has 7 heteroatoms. The Morgan fingerprint density at radius 1 is 1.27 bits per heavy atom. The Labute approximate surface area is 156 Å². The Kier molecular flexibility index (Phi) is 4.70. The highest BCUT2D eigenvalue weighted by molar-refractivity contribution is 6.30. The second-order valence-corrected chi connectivity index (χ2v) is 6.85. The SMILES string of the molecule is CN1C(=O)C[C@](C)(c2cccc(NC(=O)c3ccc(Cl)cc3)c2)N=C1N. The molecule has 0 fully saturated rings. The van der Waals surface area contributed by atoms with Gasteiger partial charge in [-0.3, -0.25) is 14.5 Å². The second-order valence-electron chi connectivity index (χ2n) is 6.42. The van der Waals surface area contributed by atoms with Crippen LogP contribution in [0.3, 0.4) is 0 Å². The largest absolute Gasteiger partial charge is 0.369 e. The lowest BCUT2D eigenvalue weighted by Crippen LogP contribution is -2.47. The van der Waals surface area contributed by atoms with E-state index in [1.165, 1.54) is 4.90 Å². The lowest BCUT2D eigenvalue weighted by atomic mass is 9.87. The number of hydrogen-bond acceptors (Lipinski definition) is 4. The number of nitrogens with two attached hydrogens (primary N) is 1. The van der Waals surface area contributed by atoms with Gasteiger partial charge in [0, 0.05) is 23.3 Å². The minimum atomic E-state index is -0.769. The van der Waals surface area contributed by atoms with E-state index in [4.69, 9.17) is 17.3 Å². The Balaban J connectivity index is 1.85. The van der Waals surface area contributed by atoms with Gasteiger partial charge in [0.15, 0.2) is 5.96 Å². The monoisotopic (exact) mass is 370 g/mol. The van der Waals surface area contributed by atoms with E-state index in [1.807, 2.05) is 25.1 Å². The van der Waals surface area contributed by atoms with Crippen LogP contribution in [0.2, 0.25) is 5.02 Å². The van der Waals surface area contributed by atoms with Gasteiger partial charge in [-0.2, -0.15) is 0 Å². The first kappa shape index (κ1) is 17.9. The molecule has 2 aromatic rings. The number of aliphatic imine (C=N–C) groups is 1. The summed E-state index contributed by atoms with van der Waals surface area (Å²) in [5.41, 5.74) is 7.01. The van der Waals surface area contributed by atoms with Crippen molar-refractivity contribution in [2.24, 2.45) is 10.7 Å². The number of carbonyl (C=O) groups excluding carboxylic acids is 2. The predicted octanol–water partition coefficient (Wildman–Crippen LogP) is 2.98. The van der Waals surface area contributed by atoms with Crippen molar-refractivity contribution in [3.8, 4) is 0 Å². The summed E-state index contributed by atoms with van der Waals surface area (Å²) in [7, 11) is 1.60. The molecule has 0 bridgehead atoms. The third-order valence-electron chi connectivity index (χ3n) is 4.42. The zero-order valence-corrected chi connectivity index (χ0v) is 15.2. The summed E-state index contributed by atoms with van der Waals surface area (Å²) in [6.45, 7) is 1.85. The highest BCUT2D eigenvalue weighted by atomic mass is 35.5. The Bertz CT molecular complexity index is 895. The number of amides is 2. The molecule has 0 saturated carbocycles. The van der Waals surface area contributed by atoms with Crippen LogP contribution < -0.4 is 11.1 Å². The van der Waals surface area contributed by atoms with Crippen LogP contribution in [0, 0.1) is 0 Å². The number of carbonyl (C=O) groups is 2. The number of guanidine groups is 1. The van der Waals surface area contributed by atoms with Gasteiger partial charge in [-0.05, 0) is 48.9 Å². The van der Waals surface area contributed by atoms with Crippen molar-refractivity contribution in [1.29, 1.82) is 0 Å². The number of rotatable bonds is 3. The Hall–Kier alpha value is -2.86. The van der Waals surface area contributed by atoms with E-state index in [-0.39, 0.29) is 24.2 Å². The highest BCUT2D eigenvalue weighted by Crippen LogP contribution is 2.34. The number of anilines is 1. The van der Waals surface area contributed by atoms with Crippen molar-refractivity contribution in [2.45, 2.75) is 18.9 Å². The molecule has 0 aliphatic carbocycles. The number of halogens is 1. The summed E-state index contributed by atoms with van der Waals surface area (Å²) in [4.78, 5) is 30.3. The third kappa shape index (κ3) is 3.55. The molecule has 2 amide bonds. The van der Waals surface area contributed by atoms with Gasteiger partial charge in [-0.15, -0.1) is 0 Å². The molecule has 0 aromatic heterocycles. The number of nitrogens with zero attached hydrogens (tertiary/aromatic N) is 2. The topological polar surface area (TPSA) is 87.8 Å². The first-order chi connectivity index (χ1) is 12.3. The predicted molar refractivity (Wildman–Crippen MR) is 102 cm³/mol. The summed E-state index contributed by atoms with van der Waals surface area (Å²) < 4.78 is 0. The molecule has 0 unspecified atom stereocenters. The molecule has 2 aromatic carbocycles. The molecule has 26 heavy (non-hydrogen) atoms. The van der Waals surface area contributed by atoms with Crippen molar-refractivity contribution in [1.82, 2.24) is 4.90 Å². The summed E-state index contributed by atoms with van der Waals surface area (Å²) in [6.07, 6.45) is 0.207. The molecule has 6 nitrogen and oxygen atoms in total. The normalized spacial score (nSPS) is 19.9. The van der Waals surface area contributed by atoms with E-state index in [9.17, 15) is 9.59 Å². The molecule has 134 valence electrons. The molecule has 0 saturated heterocycles. The lowest BCUT2D eigenvalue weighted by Gasteiger charge is -2.33. The lowest BCUT2D eigenvalue weighted by molar-refractivity contribution is -0.128. The molecule has 1 heterocycles. The third-order valence-corrected chi connectivity index (χ3v) is 4.68. The van der Waals surface area contributed by atoms with Crippen LogP contribution in [-0.2, 0) is 10.3 Å². The Morgan fingerprint density at radius 2 is 1.96 bits per heavy atom. The number of hydrogen-bond donors (Lipinski definition) is 2. The molecule has 3 rings (SSSR count). The van der Waals surface area contributed by atoms with E-state index in [0.717, 1.165) is 5.56 Å². The first-order valence-corrected chi connectivity index (χ1v) is 8.46. The summed E-state index contributed by atoms with van der Waals surface area (Å²) in [6, 6.07) is 13.9. The number of benzene rings is 2. The fraction of sp³-hybridized carbons (Fsp3) is 0.211. The average Bonchev–Trinajstić information content (AvgIpc) is 2.60. The number of nitrogens with one attached hydrogen (secondary N) is 1. The molecule has 1 aliphatic rings. The molecule has 3 N–H and O–H groups in total. The van der Waals surface area contributed by atoms with Crippen LogP contribution in [0.4, 0.5) is 5.69 Å². The van der Waals surface area contributed by atoms with E-state index < -0.39 is 5.54 Å². The van der Waals surface area contributed by atoms with Gasteiger partial charge in [0.05, 0.1) is 12.0 Å². The summed E-state index contributed by atoms with van der Waals surface area (Å²) in [5.74, 6) is -0.165. The van der Waals surface area contributed by atoms with Gasteiger partial charge in [0.1, 0.15) is 0 Å². The quantitative estimate of drug-likeness (QED) is 0.870. The zero-order chi connectivity index (χ0) is 18.9. The van der Waals surface area contributed by atoms with Gasteiger partial charge >= 0.3 is 0 Å². The zero-order valence-electron chi connectivity index (χ0n) is 14.5. The average molecular weight is 371 g/mol. The van der Waals surface area contributed by atoms with Gasteiger partial charge in [0.2, 0.25) is 5.91 Å². The maximum Gasteiger partial charge on any atom is 0.255 e. The molecule has 0 spiro atoms. The van der Waals surface area contributed by atoms with Crippen molar-refractivity contribution in [3.05, 3.63) is 64.7 Å². The van der Waals surface area contributed by atoms with Crippen LogP contribution in [0.5, 0.6) is 0 Å². The standard InChI is InChI=1S/C19H19ClN4O2/c1-19(11-16(25)24(2)18(21)23-19)13-4-3-5-15(10-13)22-17(26)12-6-8-14(20)9-7-12/h3-10H,11H2,1-2H3,(H2,21,23)(H,22,26)/t19-/m1/s1. The van der Waals surface area contributed by atoms with Gasteiger partial charge < -0.3 is 11.1 Å². The maximum absolute atomic E-state index is 12.4. The van der Waals surface area contributed by atoms with E-state index in [1.54, 1.807) is 37.4 Å². The maximum atomic E-state index is 12.4. The molecular weight excluding hydrogens is 352 g/mol. The van der Waals surface area contributed by atoms with E-state index in [2.05, 4.69) is 10.3 Å². The van der Waals surface area contributed by atoms with Crippen LogP contribution in [0.25, 0.3) is 0 Å². The van der Waals surface area contributed by atoms with Crippen molar-refractivity contribution < 1.29 is 9.59 Å². The summed E-state index contributed by atoms with van der Waals surface area (Å²) in [5, 5.41) is 3.42. The van der Waals surface area contributed by atoms with Crippen LogP contribution >= 0.6 is 11.6 Å². The fourth-order valence-electron chi connectivity index (χ4n) is 2.81. The molecule has 1 aliphatic heterocycles. The van der Waals surface area contributed by atoms with Crippen molar-refractivity contribution in [3.63, 3.8) is 0 Å². The second kappa shape index (κ2) is 6.80. The molecule has 1 atom stereocenters. The van der Waals surface area contributed by atoms with Crippen LogP contribution in [-0.4, -0.2) is 29.7 Å². The molecular formula is C19H19ClN4O2. The van der Waals surface area contributed by atoms with Crippen LogP contribution in [0.15, 0.2) is 53.5 Å². The van der Waals surface area contributed by atoms with Crippen molar-refractivity contribution >= 4 is 35.1 Å². The van der Waals surface area contributed by atoms with Gasteiger partial charge in [0.25, 0.3) is 5.91 Å². The van der Waals surface area contributed by atoms with E-state index in [0.29, 0.717) is 16.3 Å². The van der Waals surface area contributed by atoms with Gasteiger partial charge in [-0.25, -0.2) is 4.99 Å². The molecule has 0 radical (unpaired) electrons. The smallest absolute Gasteiger partial charge is 0.255 e. The van der Waals surface area contributed by atoms with Crippen molar-refractivity contribution in [2.75, 3.05) is 12.4 Å². The Morgan fingerprint density at radius 3 is 2.62 bits per heavy atom. The minimum absolute atomic E-state index is 0.101. The van der Waals surface area contributed by atoms with E-state index >= 15 is 0 Å². The van der Waals surface area contributed by atoms with Crippen LogP contribution in [0.1, 0.15) is 29.3 Å². The first-order valence-electron chi connectivity index (χ1n) is 8.08. The highest BCUT2D eigenvalue weighted by Gasteiger charge is 2.36.